The fourth-order valence-corrected chi connectivity index (χ4v) is 2.96. The molecule has 0 amide bonds. The average molecular weight is 245 g/mol. The zero-order chi connectivity index (χ0) is 13.0. The highest BCUT2D eigenvalue weighted by atomic mass is 15.1. The summed E-state index contributed by atoms with van der Waals surface area (Å²) in [5.74, 6) is 1.43. The second-order valence-electron chi connectivity index (χ2n) is 5.94. The molecule has 1 nitrogen and oxygen atoms in total. The maximum atomic E-state index is 2.61. The maximum Gasteiger partial charge on any atom is -0.00129 e. The van der Waals surface area contributed by atoms with Crippen molar-refractivity contribution < 1.29 is 0 Å². The fraction of sp³-hybridized carbons (Fsp3) is 0.647. The minimum absolute atomic E-state index is 0.644. The summed E-state index contributed by atoms with van der Waals surface area (Å²) in [5.41, 5.74) is 3.01. The van der Waals surface area contributed by atoms with Gasteiger partial charge in [-0.25, -0.2) is 0 Å². The van der Waals surface area contributed by atoms with Crippen molar-refractivity contribution in [2.45, 2.75) is 51.9 Å². The Morgan fingerprint density at radius 1 is 1.11 bits per heavy atom. The van der Waals surface area contributed by atoms with Crippen LogP contribution in [-0.4, -0.2) is 24.5 Å². The van der Waals surface area contributed by atoms with Crippen LogP contribution in [0.25, 0.3) is 0 Å². The number of piperidine rings is 1. The third kappa shape index (κ3) is 3.35. The van der Waals surface area contributed by atoms with Gasteiger partial charge in [0.05, 0.1) is 0 Å². The van der Waals surface area contributed by atoms with Gasteiger partial charge in [-0.3, -0.25) is 0 Å². The van der Waals surface area contributed by atoms with E-state index in [-0.39, 0.29) is 0 Å². The minimum Gasteiger partial charge on any atom is -0.303 e. The molecule has 0 spiro atoms. The molecule has 0 N–H and O–H groups in total. The van der Waals surface area contributed by atoms with Crippen LogP contribution < -0.4 is 0 Å². The predicted molar refractivity (Wildman–Crippen MR) is 79.2 cm³/mol. The number of hydrogen-bond donors (Lipinski definition) is 0. The molecule has 0 aromatic heterocycles. The van der Waals surface area contributed by atoms with Gasteiger partial charge in [0.2, 0.25) is 0 Å². The van der Waals surface area contributed by atoms with Crippen LogP contribution in [0.4, 0.5) is 0 Å². The highest BCUT2D eigenvalue weighted by Gasteiger charge is 2.19. The van der Waals surface area contributed by atoms with Crippen LogP contribution in [-0.2, 0) is 0 Å². The van der Waals surface area contributed by atoms with Gasteiger partial charge in [0.15, 0.2) is 0 Å². The molecule has 1 heteroatoms. The van der Waals surface area contributed by atoms with Crippen LogP contribution in [0.5, 0.6) is 0 Å². The fourth-order valence-electron chi connectivity index (χ4n) is 2.96. The Bertz CT molecular complexity index is 344. The van der Waals surface area contributed by atoms with Crippen LogP contribution in [0, 0.1) is 0 Å². The highest BCUT2D eigenvalue weighted by molar-refractivity contribution is 5.27. The van der Waals surface area contributed by atoms with Crippen molar-refractivity contribution in [1.29, 1.82) is 0 Å². The van der Waals surface area contributed by atoms with E-state index in [9.17, 15) is 0 Å². The molecule has 100 valence electrons. The summed E-state index contributed by atoms with van der Waals surface area (Å²) in [4.78, 5) is 2.61. The topological polar surface area (TPSA) is 3.24 Å². The first-order valence-corrected chi connectivity index (χ1v) is 7.53. The van der Waals surface area contributed by atoms with Gasteiger partial charge in [-0.1, -0.05) is 45.0 Å². The van der Waals surface area contributed by atoms with Crippen molar-refractivity contribution in [3.05, 3.63) is 35.4 Å². The van der Waals surface area contributed by atoms with E-state index in [1.165, 1.54) is 44.5 Å². The van der Waals surface area contributed by atoms with Crippen LogP contribution in [0.2, 0.25) is 0 Å². The van der Waals surface area contributed by atoms with Crippen molar-refractivity contribution in [1.82, 2.24) is 4.90 Å². The monoisotopic (exact) mass is 245 g/mol. The maximum absolute atomic E-state index is 2.61. The van der Waals surface area contributed by atoms with Crippen molar-refractivity contribution in [3.63, 3.8) is 0 Å². The zero-order valence-electron chi connectivity index (χ0n) is 12.2. The van der Waals surface area contributed by atoms with Gasteiger partial charge in [-0.15, -0.1) is 0 Å². The first-order valence-electron chi connectivity index (χ1n) is 7.53. The van der Waals surface area contributed by atoms with E-state index < -0.39 is 0 Å². The lowest BCUT2D eigenvalue weighted by Crippen LogP contribution is -2.33. The Hall–Kier alpha value is -0.820. The van der Waals surface area contributed by atoms with Gasteiger partial charge >= 0.3 is 0 Å². The minimum atomic E-state index is 0.644. The first kappa shape index (κ1) is 13.6. The summed E-state index contributed by atoms with van der Waals surface area (Å²) < 4.78 is 0. The first-order chi connectivity index (χ1) is 8.70. The summed E-state index contributed by atoms with van der Waals surface area (Å²) >= 11 is 0. The highest BCUT2D eigenvalue weighted by Crippen LogP contribution is 2.29. The SMILES string of the molecule is CCCN1CCC(c2ccc(C(C)C)cc2)CC1. The predicted octanol–water partition coefficient (Wildman–Crippen LogP) is 4.40. The van der Waals surface area contributed by atoms with E-state index in [1.807, 2.05) is 0 Å². The van der Waals surface area contributed by atoms with Gasteiger partial charge in [0, 0.05) is 0 Å². The van der Waals surface area contributed by atoms with E-state index in [1.54, 1.807) is 5.56 Å². The Balaban J connectivity index is 1.93. The molecule has 1 fully saturated rings. The van der Waals surface area contributed by atoms with Crippen LogP contribution in [0.1, 0.15) is 63.0 Å². The molecule has 1 aliphatic rings. The quantitative estimate of drug-likeness (QED) is 0.760. The van der Waals surface area contributed by atoms with Crippen molar-refractivity contribution in [2.24, 2.45) is 0 Å². The Morgan fingerprint density at radius 3 is 2.22 bits per heavy atom. The van der Waals surface area contributed by atoms with Crippen LogP contribution in [0.3, 0.4) is 0 Å². The molecular formula is C17H27N. The lowest BCUT2D eigenvalue weighted by Gasteiger charge is -2.32. The molecule has 1 aliphatic heterocycles. The van der Waals surface area contributed by atoms with Gasteiger partial charge in [-0.2, -0.15) is 0 Å². The van der Waals surface area contributed by atoms with Crippen LogP contribution in [0.15, 0.2) is 24.3 Å². The molecule has 0 aliphatic carbocycles. The van der Waals surface area contributed by atoms with Crippen molar-refractivity contribution >= 4 is 0 Å². The standard InChI is InChI=1S/C17H27N/c1-4-11-18-12-9-17(10-13-18)16-7-5-15(6-8-16)14(2)3/h5-8,14,17H,4,9-13H2,1-3H3. The lowest BCUT2D eigenvalue weighted by atomic mass is 9.88. The summed E-state index contributed by atoms with van der Waals surface area (Å²) in [6, 6.07) is 9.35. The van der Waals surface area contributed by atoms with E-state index in [4.69, 9.17) is 0 Å². The summed E-state index contributed by atoms with van der Waals surface area (Å²) in [6.45, 7) is 10.6. The largest absolute Gasteiger partial charge is 0.303 e. The Labute approximate surface area is 112 Å². The zero-order valence-corrected chi connectivity index (χ0v) is 12.2. The third-order valence-corrected chi connectivity index (χ3v) is 4.20. The average Bonchev–Trinajstić information content (AvgIpc) is 2.40. The van der Waals surface area contributed by atoms with Crippen molar-refractivity contribution in [2.75, 3.05) is 19.6 Å². The molecule has 0 unspecified atom stereocenters. The smallest absolute Gasteiger partial charge is 0.00129 e. The normalized spacial score (nSPS) is 18.4. The van der Waals surface area contributed by atoms with Gasteiger partial charge in [0.1, 0.15) is 0 Å². The number of nitrogens with zero attached hydrogens (tertiary/aromatic N) is 1. The van der Waals surface area contributed by atoms with E-state index in [0.29, 0.717) is 5.92 Å². The molecule has 1 saturated heterocycles. The number of hydrogen-bond acceptors (Lipinski definition) is 1. The molecule has 18 heavy (non-hydrogen) atoms. The number of likely N-dealkylation sites (tertiary alicyclic amines) is 1. The number of rotatable bonds is 4. The summed E-state index contributed by atoms with van der Waals surface area (Å²) in [5, 5.41) is 0. The number of benzene rings is 1. The summed E-state index contributed by atoms with van der Waals surface area (Å²) in [7, 11) is 0. The molecule has 0 saturated carbocycles. The van der Waals surface area contributed by atoms with Gasteiger partial charge < -0.3 is 4.90 Å². The molecule has 0 bridgehead atoms. The van der Waals surface area contributed by atoms with E-state index in [0.717, 1.165) is 5.92 Å². The second kappa shape index (κ2) is 6.38. The van der Waals surface area contributed by atoms with Gasteiger partial charge in [0.25, 0.3) is 0 Å². The molecule has 2 rings (SSSR count). The van der Waals surface area contributed by atoms with Crippen molar-refractivity contribution in [3.8, 4) is 0 Å². The molecule has 1 aromatic carbocycles. The third-order valence-electron chi connectivity index (χ3n) is 4.20. The summed E-state index contributed by atoms with van der Waals surface area (Å²) in [6.07, 6.45) is 3.95. The van der Waals surface area contributed by atoms with E-state index in [2.05, 4.69) is 49.9 Å². The second-order valence-corrected chi connectivity index (χ2v) is 5.94. The molecule has 0 atom stereocenters. The molecule has 1 aromatic rings. The van der Waals surface area contributed by atoms with Gasteiger partial charge in [-0.05, 0) is 61.9 Å². The molecular weight excluding hydrogens is 218 g/mol. The van der Waals surface area contributed by atoms with E-state index >= 15 is 0 Å². The van der Waals surface area contributed by atoms with Crippen LogP contribution >= 0.6 is 0 Å². The Kier molecular flexibility index (Phi) is 4.82. The Morgan fingerprint density at radius 2 is 1.72 bits per heavy atom. The lowest BCUT2D eigenvalue weighted by molar-refractivity contribution is 0.213. The molecule has 0 radical (unpaired) electrons. The molecule has 1 heterocycles.